The molecule has 1 aliphatic heterocycles. The number of carbonyl (C=O) groups is 1. The van der Waals surface area contributed by atoms with E-state index in [0.29, 0.717) is 37.7 Å². The summed E-state index contributed by atoms with van der Waals surface area (Å²) in [6.45, 7) is 3.84. The number of hydrogen-bond acceptors (Lipinski definition) is 6. The van der Waals surface area contributed by atoms with E-state index in [1.807, 2.05) is 9.80 Å². The lowest BCUT2D eigenvalue weighted by Crippen LogP contribution is -2.48. The molecule has 1 saturated heterocycles. The Morgan fingerprint density at radius 3 is 2.50 bits per heavy atom. The van der Waals surface area contributed by atoms with Crippen molar-refractivity contribution in [2.24, 2.45) is 7.05 Å². The van der Waals surface area contributed by atoms with Crippen LogP contribution in [0.2, 0.25) is 0 Å². The molecule has 0 amide bonds. The van der Waals surface area contributed by atoms with Crippen LogP contribution in [0.15, 0.2) is 0 Å². The molecule has 0 spiro atoms. The molecule has 110 valence electrons. The van der Waals surface area contributed by atoms with Crippen molar-refractivity contribution in [1.29, 1.82) is 0 Å². The number of carboxylic acid groups (broad SMARTS) is 1. The zero-order valence-electron chi connectivity index (χ0n) is 11.4. The van der Waals surface area contributed by atoms with Crippen molar-refractivity contribution >= 4 is 17.5 Å². The van der Waals surface area contributed by atoms with Gasteiger partial charge in [-0.25, -0.2) is 4.68 Å². The molecule has 1 aromatic rings. The van der Waals surface area contributed by atoms with Crippen molar-refractivity contribution in [3.8, 4) is 0 Å². The molecule has 0 saturated carbocycles. The van der Waals surface area contributed by atoms with Crippen molar-refractivity contribution < 1.29 is 14.8 Å². The number of aliphatic carboxylic acids is 1. The number of aryl methyl sites for hydroxylation is 2. The van der Waals surface area contributed by atoms with Crippen molar-refractivity contribution in [3.63, 3.8) is 0 Å². The highest BCUT2D eigenvalue weighted by molar-refractivity contribution is 5.69. The summed E-state index contributed by atoms with van der Waals surface area (Å²) in [6.07, 6.45) is 0. The minimum atomic E-state index is -0.860. The van der Waals surface area contributed by atoms with Crippen molar-refractivity contribution in [3.05, 3.63) is 15.8 Å². The Morgan fingerprint density at radius 1 is 1.40 bits per heavy atom. The van der Waals surface area contributed by atoms with Crippen LogP contribution in [0.3, 0.4) is 0 Å². The maximum Gasteiger partial charge on any atom is 0.333 e. The third-order valence-corrected chi connectivity index (χ3v) is 3.37. The minimum Gasteiger partial charge on any atom is -0.480 e. The molecule has 0 aromatic carbocycles. The predicted molar refractivity (Wildman–Crippen MR) is 70.9 cm³/mol. The van der Waals surface area contributed by atoms with Gasteiger partial charge in [-0.1, -0.05) is 0 Å². The first-order valence-corrected chi connectivity index (χ1v) is 6.27. The fourth-order valence-corrected chi connectivity index (χ4v) is 2.51. The van der Waals surface area contributed by atoms with Crippen LogP contribution in [0.25, 0.3) is 0 Å². The third-order valence-electron chi connectivity index (χ3n) is 3.37. The largest absolute Gasteiger partial charge is 0.480 e. The maximum absolute atomic E-state index is 11.1. The van der Waals surface area contributed by atoms with Crippen molar-refractivity contribution in [2.75, 3.05) is 37.6 Å². The number of hydrogen-bond donors (Lipinski definition) is 1. The summed E-state index contributed by atoms with van der Waals surface area (Å²) in [6, 6.07) is 0. The van der Waals surface area contributed by atoms with E-state index < -0.39 is 10.9 Å². The van der Waals surface area contributed by atoms with Gasteiger partial charge in [-0.15, -0.1) is 0 Å². The Bertz CT molecular complexity index is 533. The van der Waals surface area contributed by atoms with Gasteiger partial charge in [0.15, 0.2) is 0 Å². The monoisotopic (exact) mass is 283 g/mol. The number of piperazine rings is 1. The summed E-state index contributed by atoms with van der Waals surface area (Å²) in [7, 11) is 1.68. The van der Waals surface area contributed by atoms with Crippen LogP contribution in [0.1, 0.15) is 5.69 Å². The average Bonchev–Trinajstić information content (AvgIpc) is 2.64. The second-order valence-electron chi connectivity index (χ2n) is 4.80. The van der Waals surface area contributed by atoms with Crippen LogP contribution in [0, 0.1) is 17.0 Å². The Labute approximate surface area is 115 Å². The van der Waals surface area contributed by atoms with Crippen LogP contribution in [-0.2, 0) is 11.8 Å². The normalized spacial score (nSPS) is 16.4. The molecule has 0 aliphatic carbocycles. The fourth-order valence-electron chi connectivity index (χ4n) is 2.51. The number of rotatable bonds is 4. The number of nitro groups is 1. The van der Waals surface area contributed by atoms with Gasteiger partial charge in [0.2, 0.25) is 5.82 Å². The van der Waals surface area contributed by atoms with Gasteiger partial charge in [0.05, 0.1) is 11.5 Å². The van der Waals surface area contributed by atoms with E-state index in [4.69, 9.17) is 5.11 Å². The molecule has 2 heterocycles. The Kier molecular flexibility index (Phi) is 3.89. The van der Waals surface area contributed by atoms with Crippen LogP contribution in [0.5, 0.6) is 0 Å². The van der Waals surface area contributed by atoms with E-state index >= 15 is 0 Å². The second kappa shape index (κ2) is 5.45. The lowest BCUT2D eigenvalue weighted by atomic mass is 10.3. The Hall–Kier alpha value is -2.16. The minimum absolute atomic E-state index is 0.000345. The van der Waals surface area contributed by atoms with Crippen LogP contribution in [-0.4, -0.2) is 63.4 Å². The number of aromatic nitrogens is 2. The van der Waals surface area contributed by atoms with Crippen molar-refractivity contribution in [1.82, 2.24) is 14.7 Å². The standard InChI is InChI=1S/C11H17N5O4/c1-8-10(16(19)20)11(13(2)12-8)15-5-3-14(4-6-15)7-9(17)18/h3-7H2,1-2H3,(H,17,18). The van der Waals surface area contributed by atoms with Gasteiger partial charge in [-0.2, -0.15) is 5.10 Å². The first-order valence-electron chi connectivity index (χ1n) is 6.27. The molecule has 1 N–H and O–H groups in total. The molecule has 20 heavy (non-hydrogen) atoms. The summed E-state index contributed by atoms with van der Waals surface area (Å²) >= 11 is 0. The fraction of sp³-hybridized carbons (Fsp3) is 0.636. The number of nitrogens with zero attached hydrogens (tertiary/aromatic N) is 5. The van der Waals surface area contributed by atoms with Crippen LogP contribution < -0.4 is 4.90 Å². The van der Waals surface area contributed by atoms with Gasteiger partial charge in [0.25, 0.3) is 0 Å². The van der Waals surface area contributed by atoms with Crippen LogP contribution >= 0.6 is 0 Å². The first kappa shape index (κ1) is 14.3. The topological polar surface area (TPSA) is 105 Å². The first-order chi connectivity index (χ1) is 9.40. The van der Waals surface area contributed by atoms with Gasteiger partial charge in [-0.05, 0) is 6.92 Å². The highest BCUT2D eigenvalue weighted by Crippen LogP contribution is 2.31. The van der Waals surface area contributed by atoms with E-state index in [-0.39, 0.29) is 12.2 Å². The molecule has 0 atom stereocenters. The number of anilines is 1. The smallest absolute Gasteiger partial charge is 0.333 e. The molecule has 0 radical (unpaired) electrons. The lowest BCUT2D eigenvalue weighted by Gasteiger charge is -2.34. The zero-order chi connectivity index (χ0) is 14.9. The van der Waals surface area contributed by atoms with Gasteiger partial charge in [0, 0.05) is 33.2 Å². The van der Waals surface area contributed by atoms with E-state index in [2.05, 4.69) is 5.10 Å². The second-order valence-corrected chi connectivity index (χ2v) is 4.80. The zero-order valence-corrected chi connectivity index (χ0v) is 11.4. The summed E-state index contributed by atoms with van der Waals surface area (Å²) in [5.74, 6) is -0.372. The van der Waals surface area contributed by atoms with Crippen LogP contribution in [0.4, 0.5) is 11.5 Å². The van der Waals surface area contributed by atoms with E-state index in [1.54, 1.807) is 14.0 Å². The van der Waals surface area contributed by atoms with Gasteiger partial charge >= 0.3 is 11.7 Å². The molecule has 1 aliphatic rings. The molecule has 1 fully saturated rings. The maximum atomic E-state index is 11.1. The highest BCUT2D eigenvalue weighted by Gasteiger charge is 2.30. The van der Waals surface area contributed by atoms with Gasteiger partial charge in [-0.3, -0.25) is 19.8 Å². The predicted octanol–water partition coefficient (Wildman–Crippen LogP) is -0.157. The molecular formula is C11H17N5O4. The third kappa shape index (κ3) is 2.72. The SMILES string of the molecule is Cc1nn(C)c(N2CCN(CC(=O)O)CC2)c1[N+](=O)[O-]. The lowest BCUT2D eigenvalue weighted by molar-refractivity contribution is -0.384. The Balaban J connectivity index is 2.15. The quantitative estimate of drug-likeness (QED) is 0.604. The highest BCUT2D eigenvalue weighted by atomic mass is 16.6. The van der Waals surface area contributed by atoms with Crippen molar-refractivity contribution in [2.45, 2.75) is 6.92 Å². The summed E-state index contributed by atoms with van der Waals surface area (Å²) in [5.41, 5.74) is 0.416. The van der Waals surface area contributed by atoms with E-state index in [1.165, 1.54) is 4.68 Å². The molecule has 9 heteroatoms. The average molecular weight is 283 g/mol. The molecule has 0 unspecified atom stereocenters. The summed E-state index contributed by atoms with van der Waals surface area (Å²) < 4.78 is 1.51. The molecular weight excluding hydrogens is 266 g/mol. The van der Waals surface area contributed by atoms with Gasteiger partial charge in [0.1, 0.15) is 5.69 Å². The molecule has 9 nitrogen and oxygen atoms in total. The van der Waals surface area contributed by atoms with Gasteiger partial charge < -0.3 is 10.0 Å². The summed E-state index contributed by atoms with van der Waals surface area (Å²) in [5, 5.41) is 24.0. The molecule has 1 aromatic heterocycles. The van der Waals surface area contributed by atoms with E-state index in [0.717, 1.165) is 0 Å². The summed E-state index contributed by atoms with van der Waals surface area (Å²) in [4.78, 5) is 25.1. The van der Waals surface area contributed by atoms with E-state index in [9.17, 15) is 14.9 Å². The molecule has 2 rings (SSSR count). The number of carboxylic acids is 1. The Morgan fingerprint density at radius 2 is 2.00 bits per heavy atom. The molecule has 0 bridgehead atoms.